The molecule has 0 bridgehead atoms. The highest BCUT2D eigenvalue weighted by Crippen LogP contribution is 2.28. The Morgan fingerprint density at radius 3 is 2.46 bits per heavy atom. The minimum Gasteiger partial charge on any atom is -0.452 e. The maximum atomic E-state index is 13.6. The molecule has 0 spiro atoms. The van der Waals surface area contributed by atoms with E-state index < -0.39 is 29.9 Å². The molecule has 0 unspecified atom stereocenters. The third-order valence-corrected chi connectivity index (χ3v) is 5.71. The molecule has 4 rings (SSSR count). The summed E-state index contributed by atoms with van der Waals surface area (Å²) < 4.78 is 44.3. The molecule has 3 amide bonds. The third-order valence-electron chi connectivity index (χ3n) is 5.39. The molecule has 0 aliphatic rings. The summed E-state index contributed by atoms with van der Waals surface area (Å²) in [5.74, 6) is -3.03. The zero-order valence-electron chi connectivity index (χ0n) is 21.2. The molecule has 0 fully saturated rings. The number of hydrogen-bond acceptors (Lipinski definition) is 9. The number of amides is 3. The number of nitrogens with zero attached hydrogens (tertiary/aromatic N) is 6. The van der Waals surface area contributed by atoms with E-state index in [4.69, 9.17) is 17.3 Å². The number of rotatable bonds is 6. The Bertz CT molecular complexity index is 1640. The predicted molar refractivity (Wildman–Crippen MR) is 137 cm³/mol. The van der Waals surface area contributed by atoms with Crippen molar-refractivity contribution in [1.29, 1.82) is 0 Å². The molecule has 0 aliphatic carbocycles. The number of carbonyl (C=O) groups is 3. The van der Waals surface area contributed by atoms with Gasteiger partial charge in [-0.25, -0.2) is 14.9 Å². The zero-order valence-corrected chi connectivity index (χ0v) is 21.9. The van der Waals surface area contributed by atoms with Crippen molar-refractivity contribution < 1.29 is 32.3 Å². The fraction of sp³-hybridized carbons (Fsp3) is 0.174. The Morgan fingerprint density at radius 1 is 1.07 bits per heavy atom. The summed E-state index contributed by atoms with van der Waals surface area (Å²) in [6.45, 7) is 1.22. The summed E-state index contributed by atoms with van der Waals surface area (Å²) in [5, 5.41) is 16.9. The van der Waals surface area contributed by atoms with Crippen LogP contribution in [0.5, 0.6) is 0 Å². The standard InChI is InChI=1S/C23H20ClF3N10O4/c1-11-7-12(28)8-14(19(38)30-32-22(40)41-2)18(11)29-20(39)17-9-13(10-36-34-21(31-35-36)23(25,26)27)33-37(17)16-6-4-3-5-15(16)24/h3-9H,10,28H2,1-2H3,(H,29,39)(H,30,38)(H,32,40). The van der Waals surface area contributed by atoms with E-state index >= 15 is 0 Å². The van der Waals surface area contributed by atoms with Gasteiger partial charge in [-0.3, -0.25) is 15.0 Å². The lowest BCUT2D eigenvalue weighted by Gasteiger charge is -2.16. The van der Waals surface area contributed by atoms with Crippen molar-refractivity contribution in [3.8, 4) is 5.69 Å². The van der Waals surface area contributed by atoms with Crippen LogP contribution in [0.2, 0.25) is 5.02 Å². The number of carbonyl (C=O) groups excluding carboxylic acids is 3. The molecule has 0 radical (unpaired) electrons. The van der Waals surface area contributed by atoms with Crippen LogP contribution in [0.15, 0.2) is 42.5 Å². The van der Waals surface area contributed by atoms with Crippen molar-refractivity contribution in [2.45, 2.75) is 19.6 Å². The average Bonchev–Trinajstić information content (AvgIpc) is 3.56. The molecule has 0 aliphatic heterocycles. The lowest BCUT2D eigenvalue weighted by Crippen LogP contribution is -2.42. The van der Waals surface area contributed by atoms with Crippen molar-refractivity contribution in [2.75, 3.05) is 18.2 Å². The fourth-order valence-corrected chi connectivity index (χ4v) is 3.82. The summed E-state index contributed by atoms with van der Waals surface area (Å²) in [5.41, 5.74) is 10.9. The number of aromatic nitrogens is 6. The quantitative estimate of drug-likeness (QED) is 0.193. The second kappa shape index (κ2) is 11.5. The normalized spacial score (nSPS) is 11.2. The summed E-state index contributed by atoms with van der Waals surface area (Å²) in [4.78, 5) is 38.4. The van der Waals surface area contributed by atoms with Gasteiger partial charge in [0, 0.05) is 5.69 Å². The number of tetrazole rings is 1. The smallest absolute Gasteiger partial charge is 0.452 e. The number of nitrogens with two attached hydrogens (primary N) is 1. The number of nitrogen functional groups attached to an aromatic ring is 1. The van der Waals surface area contributed by atoms with Gasteiger partial charge in [-0.2, -0.15) is 23.1 Å². The topological polar surface area (TPSA) is 184 Å². The predicted octanol–water partition coefficient (Wildman–Crippen LogP) is 2.72. The van der Waals surface area contributed by atoms with Crippen LogP contribution >= 0.6 is 11.6 Å². The van der Waals surface area contributed by atoms with Crippen LogP contribution in [-0.2, 0) is 17.5 Å². The van der Waals surface area contributed by atoms with Gasteiger partial charge in [0.15, 0.2) is 0 Å². The Morgan fingerprint density at radius 2 is 1.80 bits per heavy atom. The molecule has 2 aromatic carbocycles. The molecule has 14 nitrogen and oxygen atoms in total. The number of methoxy groups -OCH3 is 1. The highest BCUT2D eigenvalue weighted by Gasteiger charge is 2.37. The number of halogens is 4. The third kappa shape index (κ3) is 6.52. The van der Waals surface area contributed by atoms with E-state index in [0.717, 1.165) is 7.11 Å². The number of benzene rings is 2. The van der Waals surface area contributed by atoms with Gasteiger partial charge in [0.05, 0.1) is 34.8 Å². The first-order chi connectivity index (χ1) is 19.4. The van der Waals surface area contributed by atoms with Gasteiger partial charge in [-0.05, 0) is 48.0 Å². The van der Waals surface area contributed by atoms with Gasteiger partial charge >= 0.3 is 12.3 Å². The van der Waals surface area contributed by atoms with Crippen LogP contribution < -0.4 is 21.9 Å². The van der Waals surface area contributed by atoms with Crippen molar-refractivity contribution in [1.82, 2.24) is 40.8 Å². The van der Waals surface area contributed by atoms with Crippen molar-refractivity contribution in [3.05, 3.63) is 75.8 Å². The van der Waals surface area contributed by atoms with Gasteiger partial charge in [-0.15, -0.1) is 10.2 Å². The summed E-state index contributed by atoms with van der Waals surface area (Å²) in [6.07, 6.45) is -5.74. The first kappa shape index (κ1) is 28.8. The first-order valence-electron chi connectivity index (χ1n) is 11.4. The fourth-order valence-electron chi connectivity index (χ4n) is 3.61. The van der Waals surface area contributed by atoms with Crippen LogP contribution in [-0.4, -0.2) is 55.0 Å². The molecule has 2 aromatic heterocycles. The Labute approximate surface area is 233 Å². The number of hydrogen-bond donors (Lipinski definition) is 4. The van der Waals surface area contributed by atoms with Crippen molar-refractivity contribution >= 4 is 40.9 Å². The SMILES string of the molecule is COC(=O)NNC(=O)c1cc(N)cc(C)c1NC(=O)c1cc(Cn2nnc(C(F)(F)F)n2)nn1-c1ccccc1Cl. The largest absolute Gasteiger partial charge is 0.455 e. The minimum atomic E-state index is -4.80. The monoisotopic (exact) mass is 592 g/mol. The lowest BCUT2D eigenvalue weighted by molar-refractivity contribution is -0.145. The lowest BCUT2D eigenvalue weighted by atomic mass is 10.1. The average molecular weight is 593 g/mol. The maximum absolute atomic E-state index is 13.6. The van der Waals surface area contributed by atoms with Gasteiger partial charge in [-0.1, -0.05) is 23.7 Å². The molecular formula is C23H20ClF3N10O4. The van der Waals surface area contributed by atoms with E-state index in [-0.39, 0.29) is 45.6 Å². The molecule has 18 heteroatoms. The first-order valence-corrected chi connectivity index (χ1v) is 11.8. The van der Waals surface area contributed by atoms with Gasteiger partial charge in [0.2, 0.25) is 0 Å². The van der Waals surface area contributed by atoms with Gasteiger partial charge in [0.1, 0.15) is 12.2 Å². The van der Waals surface area contributed by atoms with Crippen molar-refractivity contribution in [2.24, 2.45) is 0 Å². The van der Waals surface area contributed by atoms with Gasteiger partial charge < -0.3 is 15.8 Å². The number of nitrogens with one attached hydrogen (secondary N) is 3. The van der Waals surface area contributed by atoms with E-state index in [1.165, 1.54) is 22.9 Å². The van der Waals surface area contributed by atoms with Crippen molar-refractivity contribution in [3.63, 3.8) is 0 Å². The summed E-state index contributed by atoms with van der Waals surface area (Å²) in [6, 6.07) is 10.5. The van der Waals surface area contributed by atoms with E-state index in [2.05, 4.69) is 36.0 Å². The van der Waals surface area contributed by atoms with E-state index in [1.807, 2.05) is 5.43 Å². The molecular weight excluding hydrogens is 573 g/mol. The number of alkyl halides is 3. The second-order valence-corrected chi connectivity index (χ2v) is 8.72. The Hall–Kier alpha value is -5.19. The molecule has 0 saturated carbocycles. The molecule has 0 atom stereocenters. The number of ether oxygens (including phenoxy) is 1. The number of anilines is 2. The molecule has 2 heterocycles. The van der Waals surface area contributed by atoms with Crippen LogP contribution in [0.1, 0.15) is 37.9 Å². The highest BCUT2D eigenvalue weighted by molar-refractivity contribution is 6.32. The van der Waals surface area contributed by atoms with E-state index in [9.17, 15) is 27.6 Å². The molecule has 0 saturated heterocycles. The molecule has 4 aromatic rings. The molecule has 41 heavy (non-hydrogen) atoms. The second-order valence-electron chi connectivity index (χ2n) is 8.31. The minimum absolute atomic E-state index is 0.0505. The van der Waals surface area contributed by atoms with Gasteiger partial charge in [0.25, 0.3) is 17.6 Å². The Balaban J connectivity index is 1.71. The molecule has 214 valence electrons. The number of para-hydroxylation sites is 1. The number of aryl methyl sites for hydroxylation is 1. The summed E-state index contributed by atoms with van der Waals surface area (Å²) >= 11 is 6.33. The van der Waals surface area contributed by atoms with Crippen LogP contribution in [0.25, 0.3) is 5.69 Å². The van der Waals surface area contributed by atoms with Crippen LogP contribution in [0.3, 0.4) is 0 Å². The van der Waals surface area contributed by atoms with Crippen LogP contribution in [0.4, 0.5) is 29.3 Å². The molecule has 5 N–H and O–H groups in total. The van der Waals surface area contributed by atoms with E-state index in [0.29, 0.717) is 10.4 Å². The Kier molecular flexibility index (Phi) is 8.08. The number of hydrazine groups is 1. The van der Waals surface area contributed by atoms with E-state index in [1.54, 1.807) is 31.2 Å². The summed E-state index contributed by atoms with van der Waals surface area (Å²) in [7, 11) is 1.10. The van der Waals surface area contributed by atoms with Crippen LogP contribution in [0, 0.1) is 6.92 Å². The maximum Gasteiger partial charge on any atom is 0.455 e. The zero-order chi connectivity index (χ0) is 29.9. The highest BCUT2D eigenvalue weighted by atomic mass is 35.5.